The van der Waals surface area contributed by atoms with Gasteiger partial charge in [-0.3, -0.25) is 0 Å². The summed E-state index contributed by atoms with van der Waals surface area (Å²) in [5, 5.41) is 3.24. The van der Waals surface area contributed by atoms with Gasteiger partial charge in [0.15, 0.2) is 11.6 Å². The van der Waals surface area contributed by atoms with Gasteiger partial charge in [-0.25, -0.2) is 4.39 Å². The van der Waals surface area contributed by atoms with E-state index in [1.807, 2.05) is 13.8 Å². The van der Waals surface area contributed by atoms with Gasteiger partial charge in [0.25, 0.3) is 0 Å². The molecule has 3 nitrogen and oxygen atoms in total. The van der Waals surface area contributed by atoms with E-state index in [2.05, 4.69) is 5.32 Å². The molecule has 1 aromatic carbocycles. The number of rotatable bonds is 5. The van der Waals surface area contributed by atoms with E-state index in [1.54, 1.807) is 12.1 Å². The average Bonchev–Trinajstić information content (AvgIpc) is 2.17. The van der Waals surface area contributed by atoms with Crippen LogP contribution in [-0.2, 0) is 0 Å². The van der Waals surface area contributed by atoms with Crippen LogP contribution in [0.15, 0.2) is 18.2 Å². The Bertz CT molecular complexity index is 353. The summed E-state index contributed by atoms with van der Waals surface area (Å²) in [6.45, 7) is 4.66. The average molecular weight is 226 g/mol. The van der Waals surface area contributed by atoms with Crippen LogP contribution in [0.4, 0.5) is 10.1 Å². The van der Waals surface area contributed by atoms with Crippen LogP contribution in [0.1, 0.15) is 20.3 Å². The molecule has 0 aliphatic carbocycles. The Morgan fingerprint density at radius 3 is 2.62 bits per heavy atom. The zero-order chi connectivity index (χ0) is 12.2. The van der Waals surface area contributed by atoms with E-state index in [-0.39, 0.29) is 17.1 Å². The molecule has 0 saturated heterocycles. The van der Waals surface area contributed by atoms with E-state index in [0.717, 1.165) is 12.1 Å². The molecule has 4 heteroatoms. The van der Waals surface area contributed by atoms with E-state index >= 15 is 0 Å². The number of anilines is 1. The summed E-state index contributed by atoms with van der Waals surface area (Å²) < 4.78 is 18.3. The van der Waals surface area contributed by atoms with Gasteiger partial charge in [-0.2, -0.15) is 0 Å². The number of nitrogens with two attached hydrogens (primary N) is 1. The van der Waals surface area contributed by atoms with Crippen molar-refractivity contribution in [2.45, 2.75) is 25.8 Å². The highest BCUT2D eigenvalue weighted by molar-refractivity contribution is 5.48. The predicted octanol–water partition coefficient (Wildman–Crippen LogP) is 2.37. The molecule has 0 unspecified atom stereocenters. The molecule has 0 saturated carbocycles. The van der Waals surface area contributed by atoms with Gasteiger partial charge in [-0.1, -0.05) is 0 Å². The van der Waals surface area contributed by atoms with E-state index in [1.165, 1.54) is 13.2 Å². The van der Waals surface area contributed by atoms with Gasteiger partial charge < -0.3 is 15.8 Å². The molecule has 0 radical (unpaired) electrons. The van der Waals surface area contributed by atoms with Crippen molar-refractivity contribution < 1.29 is 9.13 Å². The van der Waals surface area contributed by atoms with E-state index < -0.39 is 0 Å². The molecule has 0 heterocycles. The monoisotopic (exact) mass is 226 g/mol. The maximum Gasteiger partial charge on any atom is 0.167 e. The fraction of sp³-hybridized carbons (Fsp3) is 0.500. The van der Waals surface area contributed by atoms with Crippen molar-refractivity contribution in [2.24, 2.45) is 5.73 Å². The summed E-state index contributed by atoms with van der Waals surface area (Å²) in [4.78, 5) is 0. The Labute approximate surface area is 95.8 Å². The van der Waals surface area contributed by atoms with Crippen molar-refractivity contribution in [2.75, 3.05) is 19.0 Å². The molecule has 0 aromatic heterocycles. The lowest BCUT2D eigenvalue weighted by molar-refractivity contribution is 0.386. The van der Waals surface area contributed by atoms with E-state index in [0.29, 0.717) is 6.54 Å². The van der Waals surface area contributed by atoms with Gasteiger partial charge in [-0.15, -0.1) is 0 Å². The highest BCUT2D eigenvalue weighted by Gasteiger charge is 2.16. The molecule has 3 N–H and O–H groups in total. The van der Waals surface area contributed by atoms with Crippen LogP contribution in [0, 0.1) is 5.82 Å². The molecule has 90 valence electrons. The first-order valence-corrected chi connectivity index (χ1v) is 5.30. The lowest BCUT2D eigenvalue weighted by Gasteiger charge is -2.27. The Kier molecular flexibility index (Phi) is 4.12. The number of hydrogen-bond acceptors (Lipinski definition) is 3. The number of hydrogen-bond donors (Lipinski definition) is 2. The summed E-state index contributed by atoms with van der Waals surface area (Å²) >= 11 is 0. The number of ether oxygens (including phenoxy) is 1. The molecule has 0 aliphatic heterocycles. The van der Waals surface area contributed by atoms with Crippen molar-refractivity contribution in [3.05, 3.63) is 24.0 Å². The minimum atomic E-state index is -0.365. The Morgan fingerprint density at radius 1 is 1.44 bits per heavy atom. The number of methoxy groups -OCH3 is 1. The third kappa shape index (κ3) is 3.38. The zero-order valence-corrected chi connectivity index (χ0v) is 10.0. The normalized spacial score (nSPS) is 11.3. The molecule has 0 fully saturated rings. The fourth-order valence-electron chi connectivity index (χ4n) is 1.56. The summed E-state index contributed by atoms with van der Waals surface area (Å²) in [5.41, 5.74) is 6.10. The van der Waals surface area contributed by atoms with Crippen LogP contribution >= 0.6 is 0 Å². The molecule has 1 aromatic rings. The minimum absolute atomic E-state index is 0.143. The lowest BCUT2D eigenvalue weighted by atomic mass is 10.0. The zero-order valence-electron chi connectivity index (χ0n) is 10.0. The highest BCUT2D eigenvalue weighted by atomic mass is 19.1. The third-order valence-corrected chi connectivity index (χ3v) is 2.40. The first-order chi connectivity index (χ1) is 7.48. The molecule has 0 aliphatic rings. The van der Waals surface area contributed by atoms with E-state index in [4.69, 9.17) is 10.5 Å². The van der Waals surface area contributed by atoms with Gasteiger partial charge in [0.1, 0.15) is 0 Å². The maximum absolute atomic E-state index is 13.4. The summed E-state index contributed by atoms with van der Waals surface area (Å²) in [6.07, 6.45) is 0.820. The van der Waals surface area contributed by atoms with Gasteiger partial charge in [-0.05, 0) is 38.9 Å². The maximum atomic E-state index is 13.4. The molecular formula is C12H19FN2O. The largest absolute Gasteiger partial charge is 0.494 e. The van der Waals surface area contributed by atoms with Crippen molar-refractivity contribution in [1.29, 1.82) is 0 Å². The van der Waals surface area contributed by atoms with Crippen LogP contribution in [-0.4, -0.2) is 19.2 Å². The molecule has 0 spiro atoms. The standard InChI is InChI=1S/C12H19FN2O/c1-12(2,6-7-14)15-9-4-5-11(16-3)10(13)8-9/h4-5,8,15H,6-7,14H2,1-3H3. The van der Waals surface area contributed by atoms with Gasteiger partial charge in [0.2, 0.25) is 0 Å². The van der Waals surface area contributed by atoms with Crippen molar-refractivity contribution >= 4 is 5.69 Å². The Morgan fingerprint density at radius 2 is 2.12 bits per heavy atom. The first-order valence-electron chi connectivity index (χ1n) is 5.30. The molecule has 0 atom stereocenters. The second-order valence-electron chi connectivity index (χ2n) is 4.40. The summed E-state index contributed by atoms with van der Waals surface area (Å²) in [7, 11) is 1.45. The van der Waals surface area contributed by atoms with Crippen molar-refractivity contribution in [3.8, 4) is 5.75 Å². The second kappa shape index (κ2) is 5.16. The van der Waals surface area contributed by atoms with Gasteiger partial charge in [0, 0.05) is 17.3 Å². The smallest absolute Gasteiger partial charge is 0.167 e. The summed E-state index contributed by atoms with van der Waals surface area (Å²) in [6, 6.07) is 4.83. The highest BCUT2D eigenvalue weighted by Crippen LogP contribution is 2.23. The minimum Gasteiger partial charge on any atom is -0.494 e. The quantitative estimate of drug-likeness (QED) is 0.810. The van der Waals surface area contributed by atoms with Crippen LogP contribution in [0.3, 0.4) is 0 Å². The van der Waals surface area contributed by atoms with Crippen LogP contribution < -0.4 is 15.8 Å². The fourth-order valence-corrected chi connectivity index (χ4v) is 1.56. The third-order valence-electron chi connectivity index (χ3n) is 2.40. The first kappa shape index (κ1) is 12.8. The Hall–Kier alpha value is -1.29. The predicted molar refractivity (Wildman–Crippen MR) is 64.3 cm³/mol. The van der Waals surface area contributed by atoms with Crippen molar-refractivity contribution in [1.82, 2.24) is 0 Å². The van der Waals surface area contributed by atoms with E-state index in [9.17, 15) is 4.39 Å². The van der Waals surface area contributed by atoms with Crippen LogP contribution in [0.25, 0.3) is 0 Å². The number of benzene rings is 1. The molecule has 0 amide bonds. The SMILES string of the molecule is COc1ccc(NC(C)(C)CCN)cc1F. The van der Waals surface area contributed by atoms with Crippen molar-refractivity contribution in [3.63, 3.8) is 0 Å². The molecular weight excluding hydrogens is 207 g/mol. The Balaban J connectivity index is 2.78. The lowest BCUT2D eigenvalue weighted by Crippen LogP contribution is -2.33. The number of nitrogens with one attached hydrogen (secondary N) is 1. The topological polar surface area (TPSA) is 47.3 Å². The number of halogens is 1. The summed E-state index contributed by atoms with van der Waals surface area (Å²) in [5.74, 6) is -0.113. The molecule has 1 rings (SSSR count). The van der Waals surface area contributed by atoms with Crippen LogP contribution in [0.2, 0.25) is 0 Å². The van der Waals surface area contributed by atoms with Gasteiger partial charge in [0.05, 0.1) is 7.11 Å². The molecule has 0 bridgehead atoms. The second-order valence-corrected chi connectivity index (χ2v) is 4.40. The molecule has 16 heavy (non-hydrogen) atoms. The van der Waals surface area contributed by atoms with Gasteiger partial charge >= 0.3 is 0 Å². The van der Waals surface area contributed by atoms with Crippen LogP contribution in [0.5, 0.6) is 5.75 Å².